The Morgan fingerprint density at radius 3 is 2.31 bits per heavy atom. The molecule has 0 saturated carbocycles. The van der Waals surface area contributed by atoms with Crippen molar-refractivity contribution in [1.29, 1.82) is 0 Å². The van der Waals surface area contributed by atoms with Crippen molar-refractivity contribution >= 4 is 11.8 Å². The maximum absolute atomic E-state index is 13.7. The van der Waals surface area contributed by atoms with Crippen molar-refractivity contribution in [2.75, 3.05) is 67.8 Å². The molecule has 0 aromatic heterocycles. The number of morpholine rings is 1. The first kappa shape index (κ1) is 24.8. The predicted molar refractivity (Wildman–Crippen MR) is 130 cm³/mol. The van der Waals surface area contributed by atoms with Crippen molar-refractivity contribution < 1.29 is 28.5 Å². The van der Waals surface area contributed by atoms with Gasteiger partial charge in [0.05, 0.1) is 46.5 Å². The molecular weight excluding hydrogens is 450 g/mol. The van der Waals surface area contributed by atoms with E-state index in [0.29, 0.717) is 48.1 Å². The fourth-order valence-electron chi connectivity index (χ4n) is 4.82. The van der Waals surface area contributed by atoms with Crippen LogP contribution in [0.2, 0.25) is 0 Å². The van der Waals surface area contributed by atoms with Gasteiger partial charge in [-0.05, 0) is 35.4 Å². The minimum atomic E-state index is -0.634. The lowest BCUT2D eigenvalue weighted by Crippen LogP contribution is -2.47. The van der Waals surface area contributed by atoms with Crippen LogP contribution in [0, 0.1) is 0 Å². The molecule has 2 atom stereocenters. The number of likely N-dealkylation sites (N-methyl/N-ethyl adjacent to an activating group) is 1. The quantitative estimate of drug-likeness (QED) is 0.615. The molecule has 0 radical (unpaired) electrons. The molecule has 188 valence electrons. The Bertz CT molecular complexity index is 1050. The molecule has 35 heavy (non-hydrogen) atoms. The number of rotatable bonds is 8. The third-order valence-corrected chi connectivity index (χ3v) is 6.75. The first-order valence-electron chi connectivity index (χ1n) is 11.7. The summed E-state index contributed by atoms with van der Waals surface area (Å²) >= 11 is 0. The maximum Gasteiger partial charge on any atom is 0.254 e. The van der Waals surface area contributed by atoms with Gasteiger partial charge in [0, 0.05) is 38.8 Å². The summed E-state index contributed by atoms with van der Waals surface area (Å²) in [5.41, 5.74) is 1.90. The molecule has 1 saturated heterocycles. The first-order valence-corrected chi connectivity index (χ1v) is 11.7. The Hall–Kier alpha value is -3.30. The van der Waals surface area contributed by atoms with Crippen LogP contribution in [-0.4, -0.2) is 89.4 Å². The Morgan fingerprint density at radius 2 is 1.69 bits per heavy atom. The van der Waals surface area contributed by atoms with Crippen LogP contribution in [0.25, 0.3) is 0 Å². The van der Waals surface area contributed by atoms with Crippen molar-refractivity contribution in [3.63, 3.8) is 0 Å². The molecular formula is C26H33N3O6. The number of carbonyl (C=O) groups excluding carboxylic acids is 2. The van der Waals surface area contributed by atoms with E-state index in [2.05, 4.69) is 10.2 Å². The van der Waals surface area contributed by atoms with Crippen LogP contribution in [0.5, 0.6) is 17.2 Å². The van der Waals surface area contributed by atoms with Gasteiger partial charge in [-0.25, -0.2) is 0 Å². The smallest absolute Gasteiger partial charge is 0.254 e. The van der Waals surface area contributed by atoms with Crippen LogP contribution in [0.4, 0.5) is 0 Å². The molecule has 2 aromatic carbocycles. The Balaban J connectivity index is 1.70. The molecule has 9 heteroatoms. The van der Waals surface area contributed by atoms with Crippen molar-refractivity contribution in [2.24, 2.45) is 0 Å². The van der Waals surface area contributed by atoms with Crippen LogP contribution in [0.3, 0.4) is 0 Å². The molecule has 4 rings (SSSR count). The van der Waals surface area contributed by atoms with Gasteiger partial charge in [-0.15, -0.1) is 0 Å². The number of methoxy groups -OCH3 is 3. The number of benzene rings is 2. The Morgan fingerprint density at radius 1 is 1.03 bits per heavy atom. The highest BCUT2D eigenvalue weighted by Crippen LogP contribution is 2.45. The Kier molecular flexibility index (Phi) is 7.77. The summed E-state index contributed by atoms with van der Waals surface area (Å²) in [5.74, 6) is 0.666. The lowest BCUT2D eigenvalue weighted by Gasteiger charge is -2.40. The van der Waals surface area contributed by atoms with E-state index in [9.17, 15) is 9.59 Å². The van der Waals surface area contributed by atoms with E-state index < -0.39 is 12.0 Å². The van der Waals surface area contributed by atoms with Gasteiger partial charge in [-0.2, -0.15) is 0 Å². The number of hydrogen-bond donors (Lipinski definition) is 1. The van der Waals surface area contributed by atoms with Crippen LogP contribution >= 0.6 is 0 Å². The van der Waals surface area contributed by atoms with Gasteiger partial charge in [-0.3, -0.25) is 14.5 Å². The van der Waals surface area contributed by atoms with Crippen LogP contribution in [0.15, 0.2) is 36.4 Å². The lowest BCUT2D eigenvalue weighted by molar-refractivity contribution is -0.124. The molecule has 2 aliphatic heterocycles. The number of hydrogen-bond acceptors (Lipinski definition) is 7. The fraction of sp³-hybridized carbons (Fsp3) is 0.462. The van der Waals surface area contributed by atoms with Crippen molar-refractivity contribution in [3.05, 3.63) is 53.1 Å². The van der Waals surface area contributed by atoms with E-state index in [-0.39, 0.29) is 11.8 Å². The molecule has 2 heterocycles. The van der Waals surface area contributed by atoms with E-state index in [1.54, 1.807) is 38.3 Å². The van der Waals surface area contributed by atoms with Gasteiger partial charge in [0.25, 0.3) is 5.91 Å². The summed E-state index contributed by atoms with van der Waals surface area (Å²) < 4.78 is 21.6. The van der Waals surface area contributed by atoms with E-state index in [1.165, 1.54) is 7.11 Å². The molecule has 2 aliphatic rings. The summed E-state index contributed by atoms with van der Waals surface area (Å²) in [4.78, 5) is 31.1. The highest BCUT2D eigenvalue weighted by molar-refractivity contribution is 6.02. The second-order valence-electron chi connectivity index (χ2n) is 8.65. The zero-order valence-electron chi connectivity index (χ0n) is 20.7. The second-order valence-corrected chi connectivity index (χ2v) is 8.65. The van der Waals surface area contributed by atoms with E-state index in [4.69, 9.17) is 18.9 Å². The van der Waals surface area contributed by atoms with Crippen molar-refractivity contribution in [2.45, 2.75) is 12.0 Å². The summed E-state index contributed by atoms with van der Waals surface area (Å²) in [6.07, 6.45) is 0. The molecule has 0 spiro atoms. The van der Waals surface area contributed by atoms with Gasteiger partial charge in [-0.1, -0.05) is 12.1 Å². The molecule has 0 bridgehead atoms. The number of fused-ring (bicyclic) bond motifs is 1. The number of nitrogens with one attached hydrogen (secondary N) is 1. The SMILES string of the molecule is COc1ccc([C@H]2[C@@H](C(=O)NCCN3CCOCC3)c3cc(OC)c(OC)cc3C(=O)N2C)cc1. The minimum absolute atomic E-state index is 0.146. The molecule has 0 aliphatic carbocycles. The largest absolute Gasteiger partial charge is 0.497 e. The summed E-state index contributed by atoms with van der Waals surface area (Å²) in [5, 5.41) is 3.11. The van der Waals surface area contributed by atoms with E-state index >= 15 is 0 Å². The third-order valence-electron chi connectivity index (χ3n) is 6.75. The van der Waals surface area contributed by atoms with Gasteiger partial charge >= 0.3 is 0 Å². The van der Waals surface area contributed by atoms with Crippen molar-refractivity contribution in [1.82, 2.24) is 15.1 Å². The standard InChI is InChI=1S/C26H33N3O6/c1-28-24(17-5-7-18(32-2)8-6-17)23(25(30)27-9-10-29-11-13-35-14-12-29)19-15-21(33-3)22(34-4)16-20(19)26(28)31/h5-8,15-16,23-24H,9-14H2,1-4H3,(H,27,30)/t23-,24-/m0/s1. The molecule has 2 aromatic rings. The predicted octanol–water partition coefficient (Wildman–Crippen LogP) is 2.07. The van der Waals surface area contributed by atoms with Crippen molar-refractivity contribution in [3.8, 4) is 17.2 Å². The molecule has 0 unspecified atom stereocenters. The molecule has 1 fully saturated rings. The highest BCUT2D eigenvalue weighted by atomic mass is 16.5. The van der Waals surface area contributed by atoms with Gasteiger partial charge in [0.2, 0.25) is 5.91 Å². The van der Waals surface area contributed by atoms with E-state index in [0.717, 1.165) is 25.2 Å². The van der Waals surface area contributed by atoms with Crippen LogP contribution in [-0.2, 0) is 9.53 Å². The average molecular weight is 484 g/mol. The normalized spacial score (nSPS) is 20.2. The molecule has 9 nitrogen and oxygen atoms in total. The zero-order chi connectivity index (χ0) is 24.9. The highest BCUT2D eigenvalue weighted by Gasteiger charge is 2.43. The van der Waals surface area contributed by atoms with Gasteiger partial charge in [0.15, 0.2) is 11.5 Å². The number of ether oxygens (including phenoxy) is 4. The first-order chi connectivity index (χ1) is 17.0. The second kappa shape index (κ2) is 11.0. The fourth-order valence-corrected chi connectivity index (χ4v) is 4.82. The Labute approximate surface area is 205 Å². The van der Waals surface area contributed by atoms with Gasteiger partial charge < -0.3 is 29.2 Å². The summed E-state index contributed by atoms with van der Waals surface area (Å²) in [7, 11) is 6.40. The topological polar surface area (TPSA) is 89.6 Å². The number of carbonyl (C=O) groups is 2. The zero-order valence-corrected chi connectivity index (χ0v) is 20.7. The minimum Gasteiger partial charge on any atom is -0.497 e. The maximum atomic E-state index is 13.7. The van der Waals surface area contributed by atoms with Gasteiger partial charge in [0.1, 0.15) is 5.75 Å². The lowest BCUT2D eigenvalue weighted by atomic mass is 9.79. The third kappa shape index (κ3) is 5.06. The summed E-state index contributed by atoms with van der Waals surface area (Å²) in [6.45, 7) is 4.36. The van der Waals surface area contributed by atoms with Crippen LogP contribution in [0.1, 0.15) is 33.4 Å². The average Bonchev–Trinajstić information content (AvgIpc) is 2.90. The van der Waals surface area contributed by atoms with E-state index in [1.807, 2.05) is 24.3 Å². The number of nitrogens with zero attached hydrogens (tertiary/aromatic N) is 2. The van der Waals surface area contributed by atoms with Crippen LogP contribution < -0.4 is 19.5 Å². The monoisotopic (exact) mass is 483 g/mol. The summed E-state index contributed by atoms with van der Waals surface area (Å²) in [6, 6.07) is 10.4. The molecule has 1 N–H and O–H groups in total. The number of amides is 2. The molecule has 2 amide bonds.